The van der Waals surface area contributed by atoms with Crippen LogP contribution in [-0.4, -0.2) is 50.6 Å². The largest absolute Gasteiger partial charge is 0.243 e. The van der Waals surface area contributed by atoms with Gasteiger partial charge in [0, 0.05) is 25.2 Å². The van der Waals surface area contributed by atoms with E-state index in [1.807, 2.05) is 86.7 Å². The molecular weight excluding hydrogens is 565 g/mol. The summed E-state index contributed by atoms with van der Waals surface area (Å²) in [5.41, 5.74) is 1.99. The second-order valence-electron chi connectivity index (χ2n) is 11.9. The molecule has 0 N–H and O–H groups in total. The first-order valence-corrected chi connectivity index (χ1v) is 17.6. The summed E-state index contributed by atoms with van der Waals surface area (Å²) in [5.74, 6) is 1.23. The third kappa shape index (κ3) is 5.91. The Bertz CT molecular complexity index is 1540. The molecule has 0 aromatic heterocycles. The number of aryl methyl sites for hydroxylation is 2. The van der Waals surface area contributed by atoms with E-state index in [1.54, 1.807) is 32.9 Å². The molecule has 0 saturated heterocycles. The molecule has 0 spiro atoms. The van der Waals surface area contributed by atoms with Crippen molar-refractivity contribution in [3.05, 3.63) is 120 Å². The van der Waals surface area contributed by atoms with E-state index >= 15 is 0 Å². The van der Waals surface area contributed by atoms with Gasteiger partial charge in [0.05, 0.1) is 9.79 Å². The first kappa shape index (κ1) is 29.1. The Hall–Kier alpha value is -3.04. The molecule has 2 aromatic rings. The molecule has 2 fully saturated rings. The van der Waals surface area contributed by atoms with Gasteiger partial charge >= 0.3 is 0 Å². The second-order valence-corrected chi connectivity index (χ2v) is 15.7. The minimum absolute atomic E-state index is 0.154. The van der Waals surface area contributed by atoms with Gasteiger partial charge in [0.25, 0.3) is 0 Å². The molecule has 6 rings (SSSR count). The topological polar surface area (TPSA) is 74.8 Å². The van der Waals surface area contributed by atoms with Gasteiger partial charge in [0.1, 0.15) is 0 Å². The fourth-order valence-electron chi connectivity index (χ4n) is 6.18. The van der Waals surface area contributed by atoms with Crippen molar-refractivity contribution in [1.29, 1.82) is 0 Å². The van der Waals surface area contributed by atoms with Crippen molar-refractivity contribution in [1.82, 2.24) is 8.61 Å². The average Bonchev–Trinajstić information content (AvgIpc) is 3.86. The summed E-state index contributed by atoms with van der Waals surface area (Å²) in [6, 6.07) is 13.4. The number of rotatable bonds is 10. The van der Waals surface area contributed by atoms with Crippen LogP contribution in [0.2, 0.25) is 0 Å². The van der Waals surface area contributed by atoms with Crippen LogP contribution in [0.1, 0.15) is 24.0 Å². The van der Waals surface area contributed by atoms with E-state index in [4.69, 9.17) is 0 Å². The highest BCUT2D eigenvalue weighted by Gasteiger charge is 2.47. The first-order valence-electron chi connectivity index (χ1n) is 14.7. The number of hydrogen-bond acceptors (Lipinski definition) is 4. The summed E-state index contributed by atoms with van der Waals surface area (Å²) in [7, 11) is -7.58. The molecule has 0 bridgehead atoms. The van der Waals surface area contributed by atoms with Crippen LogP contribution >= 0.6 is 0 Å². The molecule has 42 heavy (non-hydrogen) atoms. The zero-order chi connectivity index (χ0) is 29.5. The lowest BCUT2D eigenvalue weighted by molar-refractivity contribution is 0.349. The summed E-state index contributed by atoms with van der Waals surface area (Å²) in [6.07, 6.45) is 21.7. The van der Waals surface area contributed by atoms with Gasteiger partial charge in [-0.15, -0.1) is 0 Å². The van der Waals surface area contributed by atoms with Crippen molar-refractivity contribution in [2.45, 2.75) is 48.6 Å². The van der Waals surface area contributed by atoms with E-state index in [-0.39, 0.29) is 46.8 Å². The molecule has 4 aliphatic rings. The fraction of sp³-hybridized carbons (Fsp3) is 0.353. The molecule has 0 amide bonds. The third-order valence-corrected chi connectivity index (χ3v) is 12.6. The van der Waals surface area contributed by atoms with E-state index in [1.165, 1.54) is 0 Å². The Balaban J connectivity index is 1.28. The minimum atomic E-state index is -3.79. The van der Waals surface area contributed by atoms with Gasteiger partial charge in [0.2, 0.25) is 20.0 Å². The average molecular weight is 603 g/mol. The van der Waals surface area contributed by atoms with Crippen molar-refractivity contribution in [3.8, 4) is 0 Å². The van der Waals surface area contributed by atoms with Crippen LogP contribution in [0.25, 0.3) is 0 Å². The van der Waals surface area contributed by atoms with Gasteiger partial charge in [-0.25, -0.2) is 16.8 Å². The highest BCUT2D eigenvalue weighted by molar-refractivity contribution is 7.89. The number of sulfonamides is 2. The van der Waals surface area contributed by atoms with E-state index in [0.29, 0.717) is 11.8 Å². The SMILES string of the molecule is Cc1ccc(S(=O)(=O)N(C/C=C/CN([C@H]2C=CC=C[C@H]3C[C@H]32)S(=O)(=O)c2ccc(C)cc2)[C@H]2C=CC=C[C@H]3C[C@H]32)cc1. The standard InChI is InChI=1S/C34H38N2O4S2/c1-25-13-17-29(18-14-25)41(37,38)35(33-11-5-3-9-27-23-31(27)33)21-7-8-22-36(34-12-6-4-10-28-24-32(28)34)42(39,40)30-19-15-26(2)16-20-30/h3-20,27-28,31-34H,21-24H2,1-2H3/b8-7+/t27-,28-,31+,32+,33-,34-/m0/s1. The fourth-order valence-corrected chi connectivity index (χ4v) is 9.34. The van der Waals surface area contributed by atoms with Crippen molar-refractivity contribution >= 4 is 20.0 Å². The molecular formula is C34H38N2O4S2. The van der Waals surface area contributed by atoms with Gasteiger partial charge < -0.3 is 0 Å². The number of allylic oxidation sites excluding steroid dienone is 6. The van der Waals surface area contributed by atoms with E-state index < -0.39 is 20.0 Å². The van der Waals surface area contributed by atoms with Crippen LogP contribution in [-0.2, 0) is 20.0 Å². The maximum atomic E-state index is 14.0. The lowest BCUT2D eigenvalue weighted by atomic mass is 10.1. The highest BCUT2D eigenvalue weighted by Crippen LogP contribution is 2.47. The zero-order valence-corrected chi connectivity index (χ0v) is 25.7. The third-order valence-electron chi connectivity index (χ3n) is 8.87. The Morgan fingerprint density at radius 2 is 0.952 bits per heavy atom. The lowest BCUT2D eigenvalue weighted by Gasteiger charge is -2.29. The highest BCUT2D eigenvalue weighted by atomic mass is 32.2. The van der Waals surface area contributed by atoms with Gasteiger partial charge in [-0.1, -0.05) is 96.2 Å². The van der Waals surface area contributed by atoms with Crippen LogP contribution in [0.5, 0.6) is 0 Å². The quantitative estimate of drug-likeness (QED) is 0.322. The molecule has 220 valence electrons. The van der Waals surface area contributed by atoms with Crippen LogP contribution in [0.4, 0.5) is 0 Å². The summed E-state index contributed by atoms with van der Waals surface area (Å²) >= 11 is 0. The van der Waals surface area contributed by atoms with E-state index in [2.05, 4.69) is 12.2 Å². The predicted molar refractivity (Wildman–Crippen MR) is 167 cm³/mol. The smallest absolute Gasteiger partial charge is 0.207 e. The molecule has 0 radical (unpaired) electrons. The Morgan fingerprint density at radius 3 is 1.33 bits per heavy atom. The van der Waals surface area contributed by atoms with Gasteiger partial charge in [-0.3, -0.25) is 0 Å². The number of benzene rings is 2. The molecule has 8 heteroatoms. The van der Waals surface area contributed by atoms with Crippen LogP contribution in [0.15, 0.2) is 119 Å². The molecule has 0 aliphatic heterocycles. The zero-order valence-electron chi connectivity index (χ0n) is 24.0. The number of hydrogen-bond donors (Lipinski definition) is 0. The summed E-state index contributed by atoms with van der Waals surface area (Å²) in [6.45, 7) is 4.18. The van der Waals surface area contributed by atoms with Gasteiger partial charge in [0.15, 0.2) is 0 Å². The predicted octanol–water partition coefficient (Wildman–Crippen LogP) is 5.80. The molecule has 6 nitrogen and oxygen atoms in total. The van der Waals surface area contributed by atoms with Crippen LogP contribution in [0, 0.1) is 37.5 Å². The second kappa shape index (κ2) is 11.6. The van der Waals surface area contributed by atoms with E-state index in [0.717, 1.165) is 24.0 Å². The molecule has 6 atom stereocenters. The van der Waals surface area contributed by atoms with Crippen molar-refractivity contribution in [3.63, 3.8) is 0 Å². The maximum absolute atomic E-state index is 14.0. The van der Waals surface area contributed by atoms with Crippen molar-refractivity contribution < 1.29 is 16.8 Å². The molecule has 2 saturated carbocycles. The van der Waals surface area contributed by atoms with E-state index in [9.17, 15) is 16.8 Å². The number of fused-ring (bicyclic) bond motifs is 2. The van der Waals surface area contributed by atoms with Gasteiger partial charge in [-0.05, 0) is 74.6 Å². The van der Waals surface area contributed by atoms with Crippen LogP contribution in [0.3, 0.4) is 0 Å². The lowest BCUT2D eigenvalue weighted by Crippen LogP contribution is -2.42. The monoisotopic (exact) mass is 602 g/mol. The number of nitrogens with zero attached hydrogens (tertiary/aromatic N) is 2. The summed E-state index contributed by atoms with van der Waals surface area (Å²) in [4.78, 5) is 0.535. The Morgan fingerprint density at radius 1 is 0.595 bits per heavy atom. The Labute approximate surface area is 250 Å². The molecule has 0 unspecified atom stereocenters. The van der Waals surface area contributed by atoms with Crippen LogP contribution < -0.4 is 0 Å². The Kier molecular flexibility index (Phi) is 8.00. The minimum Gasteiger partial charge on any atom is -0.207 e. The first-order chi connectivity index (χ1) is 20.2. The summed E-state index contributed by atoms with van der Waals surface area (Å²) in [5, 5.41) is 0. The van der Waals surface area contributed by atoms with Gasteiger partial charge in [-0.2, -0.15) is 8.61 Å². The molecule has 4 aliphatic carbocycles. The van der Waals surface area contributed by atoms with Crippen molar-refractivity contribution in [2.75, 3.05) is 13.1 Å². The van der Waals surface area contributed by atoms with Crippen molar-refractivity contribution in [2.24, 2.45) is 23.7 Å². The normalized spacial score (nSPS) is 28.1. The summed E-state index contributed by atoms with van der Waals surface area (Å²) < 4.78 is 59.0. The molecule has 2 aromatic carbocycles. The molecule has 0 heterocycles. The maximum Gasteiger partial charge on any atom is 0.243 e.